The van der Waals surface area contributed by atoms with Crippen molar-refractivity contribution in [3.05, 3.63) is 77.9 Å². The third-order valence-corrected chi connectivity index (χ3v) is 7.49. The summed E-state index contributed by atoms with van der Waals surface area (Å²) in [6, 6.07) is 7.57. The van der Waals surface area contributed by atoms with Crippen molar-refractivity contribution in [3.63, 3.8) is 0 Å². The number of halogens is 2. The van der Waals surface area contributed by atoms with E-state index in [1.54, 1.807) is 25.4 Å². The van der Waals surface area contributed by atoms with E-state index in [2.05, 4.69) is 32.2 Å². The lowest BCUT2D eigenvalue weighted by Gasteiger charge is -2.42. The van der Waals surface area contributed by atoms with Crippen molar-refractivity contribution in [1.29, 1.82) is 0 Å². The van der Waals surface area contributed by atoms with Crippen LogP contribution in [-0.4, -0.2) is 40.2 Å². The number of allylic oxidation sites excluding steroid dienone is 2. The summed E-state index contributed by atoms with van der Waals surface area (Å²) >= 11 is 0. The number of anilines is 2. The van der Waals surface area contributed by atoms with E-state index in [0.29, 0.717) is 47.5 Å². The Bertz CT molecular complexity index is 1280. The van der Waals surface area contributed by atoms with E-state index in [-0.39, 0.29) is 17.7 Å². The van der Waals surface area contributed by atoms with Crippen molar-refractivity contribution in [2.75, 3.05) is 17.7 Å². The number of amidine groups is 1. The number of amides is 1. The summed E-state index contributed by atoms with van der Waals surface area (Å²) in [5.41, 5.74) is 2.64. The van der Waals surface area contributed by atoms with Gasteiger partial charge in [0.05, 0.1) is 6.20 Å². The molecule has 4 aliphatic rings. The molecule has 2 heterocycles. The summed E-state index contributed by atoms with van der Waals surface area (Å²) in [5.74, 6) is 1.06. The van der Waals surface area contributed by atoms with Crippen LogP contribution in [0.5, 0.6) is 0 Å². The lowest BCUT2D eigenvalue weighted by molar-refractivity contribution is -0.105. The van der Waals surface area contributed by atoms with Crippen LogP contribution < -0.4 is 10.6 Å². The number of benzene rings is 1. The molecule has 3 fully saturated rings. The molecule has 1 aromatic carbocycles. The minimum absolute atomic E-state index is 0.175. The largest absolute Gasteiger partial charge is 0.364 e. The molecule has 2 bridgehead atoms. The summed E-state index contributed by atoms with van der Waals surface area (Å²) in [7, 11) is 1.63. The Morgan fingerprint density at radius 3 is 2.62 bits per heavy atom. The number of aromatic nitrogens is 2. The van der Waals surface area contributed by atoms with Gasteiger partial charge in [0.2, 0.25) is 6.41 Å². The fourth-order valence-electron chi connectivity index (χ4n) is 5.71. The molecule has 0 saturated heterocycles. The average molecular weight is 505 g/mol. The standard InChI is InChI=1S/C28H30F2N6O/c1-17(29)11-22-23(15-36(28(22)31-2)14-19-5-9-21(10-6-19)33-16-37)26-32-13-24(30)27(35-26)34-25-12-18-3-7-20(25)8-4-18/h5-6,9-11,13,15-16,18,20,25H,1,3-4,7-8,12,14H2,2H3,(H,33,37)(H,32,34,35)/b22-11-,31-28?/t18?,20?,25-/m1/s1. The third kappa shape index (κ3) is 5.30. The molecule has 1 aliphatic heterocycles. The molecule has 7 nitrogen and oxygen atoms in total. The van der Waals surface area contributed by atoms with Gasteiger partial charge in [-0.05, 0) is 54.9 Å². The van der Waals surface area contributed by atoms with Gasteiger partial charge in [-0.25, -0.2) is 18.7 Å². The first-order valence-corrected chi connectivity index (χ1v) is 12.6. The number of hydrogen-bond donors (Lipinski definition) is 2. The van der Waals surface area contributed by atoms with Crippen molar-refractivity contribution in [1.82, 2.24) is 14.9 Å². The fraction of sp³-hybridized carbons (Fsp3) is 0.357. The predicted molar refractivity (Wildman–Crippen MR) is 141 cm³/mol. The molecule has 3 aliphatic carbocycles. The van der Waals surface area contributed by atoms with Crippen LogP contribution in [0.2, 0.25) is 0 Å². The molecule has 192 valence electrons. The van der Waals surface area contributed by atoms with Crippen LogP contribution in [0.3, 0.4) is 0 Å². The Morgan fingerprint density at radius 1 is 1.24 bits per heavy atom. The smallest absolute Gasteiger partial charge is 0.211 e. The highest BCUT2D eigenvalue weighted by Crippen LogP contribution is 2.42. The fourth-order valence-corrected chi connectivity index (χ4v) is 5.71. The molecule has 37 heavy (non-hydrogen) atoms. The van der Waals surface area contributed by atoms with Crippen molar-refractivity contribution < 1.29 is 13.6 Å². The van der Waals surface area contributed by atoms with Crippen LogP contribution in [0.15, 0.2) is 65.7 Å². The molecule has 1 atom stereocenters. The van der Waals surface area contributed by atoms with E-state index in [1.807, 2.05) is 17.0 Å². The van der Waals surface area contributed by atoms with Gasteiger partial charge in [0.15, 0.2) is 17.5 Å². The lowest BCUT2D eigenvalue weighted by Crippen LogP contribution is -2.40. The van der Waals surface area contributed by atoms with E-state index in [0.717, 1.165) is 24.8 Å². The highest BCUT2D eigenvalue weighted by atomic mass is 19.1. The van der Waals surface area contributed by atoms with Crippen molar-refractivity contribution in [3.8, 4) is 0 Å². The quantitative estimate of drug-likeness (QED) is 0.466. The van der Waals surface area contributed by atoms with Gasteiger partial charge in [0.25, 0.3) is 0 Å². The summed E-state index contributed by atoms with van der Waals surface area (Å²) in [5, 5.41) is 5.96. The lowest BCUT2D eigenvalue weighted by atomic mass is 9.68. The van der Waals surface area contributed by atoms with Gasteiger partial charge >= 0.3 is 0 Å². The number of hydrogen-bond acceptors (Lipinski definition) is 5. The van der Waals surface area contributed by atoms with Crippen molar-refractivity contribution >= 4 is 29.3 Å². The molecule has 1 amide bonds. The summed E-state index contributed by atoms with van der Waals surface area (Å²) in [6.45, 7) is 3.83. The number of rotatable bonds is 8. The maximum atomic E-state index is 14.8. The molecule has 9 heteroatoms. The van der Waals surface area contributed by atoms with Crippen molar-refractivity contribution in [2.24, 2.45) is 16.8 Å². The van der Waals surface area contributed by atoms with Crippen LogP contribution in [0.4, 0.5) is 20.3 Å². The van der Waals surface area contributed by atoms with E-state index < -0.39 is 11.6 Å². The molecule has 0 spiro atoms. The zero-order valence-electron chi connectivity index (χ0n) is 20.8. The van der Waals surface area contributed by atoms with Gasteiger partial charge in [-0.2, -0.15) is 0 Å². The van der Waals surface area contributed by atoms with Crippen LogP contribution in [-0.2, 0) is 11.3 Å². The Kier molecular flexibility index (Phi) is 7.12. The molecule has 2 aromatic rings. The number of carbonyl (C=O) groups excluding carboxylic acids is 1. The SMILES string of the molecule is C=C(F)/C=C1/C(c2ncc(F)c(N[C@@H]3CC4CCC3CC4)n2)=CN(Cc2ccc(NC=O)cc2)C1=NC. The molecule has 1 aromatic heterocycles. The Balaban J connectivity index is 1.45. The predicted octanol–water partition coefficient (Wildman–Crippen LogP) is 5.47. The second-order valence-electron chi connectivity index (χ2n) is 9.84. The average Bonchev–Trinajstić information content (AvgIpc) is 3.23. The number of nitrogens with one attached hydrogen (secondary N) is 2. The Morgan fingerprint density at radius 2 is 2.00 bits per heavy atom. The Hall–Kier alpha value is -3.88. The van der Waals surface area contributed by atoms with Gasteiger partial charge in [0.1, 0.15) is 11.7 Å². The van der Waals surface area contributed by atoms with E-state index >= 15 is 0 Å². The third-order valence-electron chi connectivity index (χ3n) is 7.49. The molecule has 2 N–H and O–H groups in total. The van der Waals surface area contributed by atoms with Crippen molar-refractivity contribution in [2.45, 2.75) is 44.7 Å². The highest BCUT2D eigenvalue weighted by molar-refractivity contribution is 6.16. The second kappa shape index (κ2) is 10.6. The van der Waals surface area contributed by atoms with Crippen LogP contribution in [0, 0.1) is 17.7 Å². The highest BCUT2D eigenvalue weighted by Gasteiger charge is 2.36. The summed E-state index contributed by atoms with van der Waals surface area (Å²) < 4.78 is 28.8. The first-order valence-electron chi connectivity index (χ1n) is 12.6. The molecular weight excluding hydrogens is 474 g/mol. The summed E-state index contributed by atoms with van der Waals surface area (Å²) in [6.07, 6.45) is 10.7. The van der Waals surface area contributed by atoms with Gasteiger partial charge < -0.3 is 15.5 Å². The van der Waals surface area contributed by atoms with Crippen LogP contribution in [0.1, 0.15) is 43.5 Å². The molecule has 6 rings (SSSR count). The van der Waals surface area contributed by atoms with Gasteiger partial charge in [0, 0.05) is 42.7 Å². The van der Waals surface area contributed by atoms with Crippen LogP contribution in [0.25, 0.3) is 5.57 Å². The van der Waals surface area contributed by atoms with Gasteiger partial charge in [-0.1, -0.05) is 31.6 Å². The first-order chi connectivity index (χ1) is 17.9. The monoisotopic (exact) mass is 504 g/mol. The zero-order chi connectivity index (χ0) is 25.9. The summed E-state index contributed by atoms with van der Waals surface area (Å²) in [4.78, 5) is 25.7. The van der Waals surface area contributed by atoms with Crippen LogP contribution >= 0.6 is 0 Å². The minimum Gasteiger partial charge on any atom is -0.364 e. The van der Waals surface area contributed by atoms with E-state index in [9.17, 15) is 13.6 Å². The van der Waals surface area contributed by atoms with E-state index in [4.69, 9.17) is 0 Å². The van der Waals surface area contributed by atoms with E-state index in [1.165, 1.54) is 25.1 Å². The topological polar surface area (TPSA) is 82.5 Å². The number of aliphatic imine (C=N–C) groups is 1. The maximum Gasteiger partial charge on any atom is 0.211 e. The second-order valence-corrected chi connectivity index (χ2v) is 9.84. The molecule has 0 unspecified atom stereocenters. The normalized spacial score (nSPS) is 24.9. The number of nitrogens with zero attached hydrogens (tertiary/aromatic N) is 4. The molecule has 3 saturated carbocycles. The minimum atomic E-state index is -0.633. The van der Waals surface area contributed by atoms with Gasteiger partial charge in [-0.15, -0.1) is 0 Å². The Labute approximate surface area is 215 Å². The molecular formula is C28H30F2N6O. The number of carbonyl (C=O) groups is 1. The first kappa shape index (κ1) is 24.8. The zero-order valence-corrected chi connectivity index (χ0v) is 20.8. The number of fused-ring (bicyclic) bond motifs is 3. The molecule has 0 radical (unpaired) electrons. The van der Waals surface area contributed by atoms with Gasteiger partial charge in [-0.3, -0.25) is 9.79 Å². The maximum absolute atomic E-state index is 14.8.